The number of aromatic nitrogens is 3. The number of carbonyl (C=O) groups is 2. The lowest BCUT2D eigenvalue weighted by Gasteiger charge is -2.33. The van der Waals surface area contributed by atoms with E-state index < -0.39 is 11.9 Å². The van der Waals surface area contributed by atoms with Gasteiger partial charge in [-0.05, 0) is 42.7 Å². The summed E-state index contributed by atoms with van der Waals surface area (Å²) in [6.07, 6.45) is 0.779. The number of anilines is 1. The number of benzene rings is 3. The number of carbonyl (C=O) groups excluding carboxylic acids is 2. The van der Waals surface area contributed by atoms with Crippen LogP contribution < -0.4 is 24.4 Å². The van der Waals surface area contributed by atoms with Gasteiger partial charge in [-0.1, -0.05) is 55.5 Å². The Morgan fingerprint density at radius 1 is 0.900 bits per heavy atom. The van der Waals surface area contributed by atoms with Crippen molar-refractivity contribution in [2.45, 2.75) is 32.9 Å². The molecule has 0 fully saturated rings. The standard InChI is InChI=1S/C30H35N5O5/c1-20(2)17-18-31-30(37)28(21-11-10-16-26(39-4)29(21)40-5)35(24-14-8-9-15-25(24)38-3)27(36)19-34-23-13-7-6-12-22(23)32-33-34/h6-16,20,28H,17-19H2,1-5H3,(H,31,37)/t28-/m1/s1. The van der Waals surface area contributed by atoms with E-state index in [2.05, 4.69) is 29.5 Å². The molecule has 4 rings (SSSR count). The van der Waals surface area contributed by atoms with Gasteiger partial charge in [-0.15, -0.1) is 5.10 Å². The topological polar surface area (TPSA) is 108 Å². The number of nitrogens with one attached hydrogen (secondary N) is 1. The van der Waals surface area contributed by atoms with Crippen molar-refractivity contribution in [1.82, 2.24) is 20.3 Å². The van der Waals surface area contributed by atoms with Crippen molar-refractivity contribution in [2.75, 3.05) is 32.8 Å². The molecule has 0 aliphatic heterocycles. The number of ether oxygens (including phenoxy) is 3. The van der Waals surface area contributed by atoms with Crippen molar-refractivity contribution in [1.29, 1.82) is 0 Å². The molecular weight excluding hydrogens is 510 g/mol. The predicted octanol–water partition coefficient (Wildman–Crippen LogP) is 4.39. The van der Waals surface area contributed by atoms with Gasteiger partial charge in [-0.25, -0.2) is 4.68 Å². The lowest BCUT2D eigenvalue weighted by molar-refractivity contribution is -0.127. The van der Waals surface area contributed by atoms with Crippen LogP contribution in [0.5, 0.6) is 17.2 Å². The van der Waals surface area contributed by atoms with Crippen LogP contribution in [0, 0.1) is 5.92 Å². The van der Waals surface area contributed by atoms with Gasteiger partial charge in [-0.3, -0.25) is 14.5 Å². The molecule has 2 amide bonds. The summed E-state index contributed by atoms with van der Waals surface area (Å²) in [7, 11) is 4.56. The minimum Gasteiger partial charge on any atom is -0.495 e. The summed E-state index contributed by atoms with van der Waals surface area (Å²) in [5.74, 6) is 0.852. The van der Waals surface area contributed by atoms with Crippen LogP contribution in [0.4, 0.5) is 5.69 Å². The first-order valence-corrected chi connectivity index (χ1v) is 13.1. The first kappa shape index (κ1) is 28.4. The fourth-order valence-corrected chi connectivity index (χ4v) is 4.59. The van der Waals surface area contributed by atoms with E-state index in [0.717, 1.165) is 6.42 Å². The summed E-state index contributed by atoms with van der Waals surface area (Å²) in [5.41, 5.74) is 2.25. The lowest BCUT2D eigenvalue weighted by Crippen LogP contribution is -2.46. The highest BCUT2D eigenvalue weighted by Gasteiger charge is 2.37. The molecule has 1 heterocycles. The Labute approximate surface area is 233 Å². The van der Waals surface area contributed by atoms with Gasteiger partial charge in [-0.2, -0.15) is 0 Å². The molecule has 0 aliphatic rings. The summed E-state index contributed by atoms with van der Waals surface area (Å²) in [6, 6.07) is 18.6. The van der Waals surface area contributed by atoms with Crippen LogP contribution in [-0.2, 0) is 16.1 Å². The third-order valence-corrected chi connectivity index (χ3v) is 6.57. The second kappa shape index (κ2) is 13.0. The third-order valence-electron chi connectivity index (χ3n) is 6.57. The zero-order valence-corrected chi connectivity index (χ0v) is 23.5. The molecule has 0 saturated heterocycles. The summed E-state index contributed by atoms with van der Waals surface area (Å²) in [5, 5.41) is 11.4. The fourth-order valence-electron chi connectivity index (χ4n) is 4.59. The molecule has 4 aromatic rings. The maximum Gasteiger partial charge on any atom is 0.249 e. The largest absolute Gasteiger partial charge is 0.495 e. The third kappa shape index (κ3) is 6.01. The Balaban J connectivity index is 1.88. The van der Waals surface area contributed by atoms with Crippen LogP contribution >= 0.6 is 0 Å². The van der Waals surface area contributed by atoms with Crippen LogP contribution in [0.2, 0.25) is 0 Å². The van der Waals surface area contributed by atoms with E-state index in [9.17, 15) is 9.59 Å². The number of fused-ring (bicyclic) bond motifs is 1. The van der Waals surface area contributed by atoms with Gasteiger partial charge in [0, 0.05) is 12.1 Å². The lowest BCUT2D eigenvalue weighted by atomic mass is 10.0. The van der Waals surface area contributed by atoms with Crippen molar-refractivity contribution < 1.29 is 23.8 Å². The molecule has 0 aliphatic carbocycles. The zero-order chi connectivity index (χ0) is 28.6. The minimum absolute atomic E-state index is 0.166. The van der Waals surface area contributed by atoms with Crippen LogP contribution in [0.25, 0.3) is 11.0 Å². The molecule has 1 aromatic heterocycles. The number of amides is 2. The van der Waals surface area contributed by atoms with Gasteiger partial charge in [0.25, 0.3) is 0 Å². The molecular formula is C30H35N5O5. The van der Waals surface area contributed by atoms with E-state index in [0.29, 0.717) is 52.0 Å². The van der Waals surface area contributed by atoms with Crippen LogP contribution in [0.3, 0.4) is 0 Å². The smallest absolute Gasteiger partial charge is 0.249 e. The highest BCUT2D eigenvalue weighted by molar-refractivity contribution is 6.03. The van der Waals surface area contributed by atoms with Gasteiger partial charge in [0.2, 0.25) is 11.8 Å². The maximum atomic E-state index is 14.3. The predicted molar refractivity (Wildman–Crippen MR) is 153 cm³/mol. The molecule has 0 unspecified atom stereocenters. The van der Waals surface area contributed by atoms with Gasteiger partial charge in [0.1, 0.15) is 23.9 Å². The van der Waals surface area contributed by atoms with E-state index in [-0.39, 0.29) is 12.5 Å². The molecule has 210 valence electrons. The first-order chi connectivity index (χ1) is 19.4. The average Bonchev–Trinajstić information content (AvgIpc) is 3.37. The molecule has 1 atom stereocenters. The van der Waals surface area contributed by atoms with E-state index in [1.807, 2.05) is 24.3 Å². The molecule has 10 heteroatoms. The first-order valence-electron chi connectivity index (χ1n) is 13.1. The maximum absolute atomic E-state index is 14.3. The molecule has 40 heavy (non-hydrogen) atoms. The van der Waals surface area contributed by atoms with Crippen LogP contribution in [0.15, 0.2) is 66.7 Å². The Bertz CT molecular complexity index is 1470. The SMILES string of the molecule is COc1ccccc1N(C(=O)Cn1nnc2ccccc21)[C@@H](C(=O)NCCC(C)C)c1cccc(OC)c1OC. The second-order valence-corrected chi connectivity index (χ2v) is 9.63. The number of rotatable bonds is 12. The van der Waals surface area contributed by atoms with Crippen molar-refractivity contribution in [3.05, 3.63) is 72.3 Å². The highest BCUT2D eigenvalue weighted by Crippen LogP contribution is 2.41. The summed E-state index contributed by atoms with van der Waals surface area (Å²) in [6.45, 7) is 4.45. The molecule has 0 saturated carbocycles. The number of para-hydroxylation sites is 4. The number of nitrogens with zero attached hydrogens (tertiary/aromatic N) is 4. The van der Waals surface area contributed by atoms with Crippen LogP contribution in [-0.4, -0.2) is 54.7 Å². The number of hydrogen-bond donors (Lipinski definition) is 1. The second-order valence-electron chi connectivity index (χ2n) is 9.63. The van der Waals surface area contributed by atoms with Crippen molar-refractivity contribution in [3.63, 3.8) is 0 Å². The molecule has 0 bridgehead atoms. The van der Waals surface area contributed by atoms with Gasteiger partial charge in [0.15, 0.2) is 11.5 Å². The van der Waals surface area contributed by atoms with Gasteiger partial charge < -0.3 is 19.5 Å². The zero-order valence-electron chi connectivity index (χ0n) is 23.5. The summed E-state index contributed by atoms with van der Waals surface area (Å²) < 4.78 is 18.4. The van der Waals surface area contributed by atoms with E-state index >= 15 is 0 Å². The fraction of sp³-hybridized carbons (Fsp3) is 0.333. The summed E-state index contributed by atoms with van der Waals surface area (Å²) >= 11 is 0. The number of hydrogen-bond acceptors (Lipinski definition) is 7. The summed E-state index contributed by atoms with van der Waals surface area (Å²) in [4.78, 5) is 29.8. The van der Waals surface area contributed by atoms with Gasteiger partial charge >= 0.3 is 0 Å². The average molecular weight is 546 g/mol. The van der Waals surface area contributed by atoms with Crippen molar-refractivity contribution >= 4 is 28.5 Å². The van der Waals surface area contributed by atoms with Crippen molar-refractivity contribution in [3.8, 4) is 17.2 Å². The quantitative estimate of drug-likeness (QED) is 0.281. The van der Waals surface area contributed by atoms with Crippen molar-refractivity contribution in [2.24, 2.45) is 5.92 Å². The Morgan fingerprint density at radius 2 is 1.60 bits per heavy atom. The Morgan fingerprint density at radius 3 is 2.33 bits per heavy atom. The highest BCUT2D eigenvalue weighted by atomic mass is 16.5. The van der Waals surface area contributed by atoms with E-state index in [1.165, 1.54) is 30.9 Å². The molecule has 0 spiro atoms. The normalized spacial score (nSPS) is 11.8. The van der Waals surface area contributed by atoms with Crippen LogP contribution in [0.1, 0.15) is 31.9 Å². The van der Waals surface area contributed by atoms with E-state index in [1.54, 1.807) is 42.5 Å². The number of methoxy groups -OCH3 is 3. The molecule has 1 N–H and O–H groups in total. The molecule has 3 aromatic carbocycles. The Hall–Kier alpha value is -4.60. The van der Waals surface area contributed by atoms with E-state index in [4.69, 9.17) is 14.2 Å². The molecule has 10 nitrogen and oxygen atoms in total. The minimum atomic E-state index is -1.12. The Kier molecular flexibility index (Phi) is 9.21. The molecule has 0 radical (unpaired) electrons. The monoisotopic (exact) mass is 545 g/mol. The van der Waals surface area contributed by atoms with Gasteiger partial charge in [0.05, 0.1) is 32.5 Å².